The molecule has 1 aromatic heterocycles. The molecule has 0 aliphatic carbocycles. The molecular weight excluding hydrogens is 266 g/mol. The van der Waals surface area contributed by atoms with Gasteiger partial charge in [-0.3, -0.25) is 13.7 Å². The fourth-order valence-corrected chi connectivity index (χ4v) is 2.06. The molecule has 0 spiro atoms. The van der Waals surface area contributed by atoms with E-state index < -0.39 is 11.3 Å². The zero-order chi connectivity index (χ0) is 12.7. The molecule has 1 atom stereocenters. The standard InChI is InChI=1S/C7H13N5O3S2/c8-4-2-1-3-5(13)9-6-10-11-7(16-6)12-17(14)15/h1-4,8H2,(H,11,12)(H,14,15)(H,9,10,13)/p-1. The SMILES string of the molecule is NCCCCC(=O)Nc1nnc(NS(=O)[O-])s1. The number of unbranched alkanes of at least 4 members (excludes halogenated alkanes) is 1. The van der Waals surface area contributed by atoms with E-state index in [2.05, 4.69) is 15.5 Å². The molecule has 17 heavy (non-hydrogen) atoms. The minimum absolute atomic E-state index is 0.107. The molecule has 0 fully saturated rings. The van der Waals surface area contributed by atoms with Crippen molar-refractivity contribution in [2.24, 2.45) is 5.73 Å². The van der Waals surface area contributed by atoms with E-state index in [4.69, 9.17) is 5.73 Å². The first-order valence-corrected chi connectivity index (χ1v) is 6.70. The van der Waals surface area contributed by atoms with Crippen LogP contribution in [0.1, 0.15) is 19.3 Å². The van der Waals surface area contributed by atoms with Gasteiger partial charge in [0.2, 0.25) is 16.2 Å². The maximum Gasteiger partial charge on any atom is 0.226 e. The van der Waals surface area contributed by atoms with Crippen LogP contribution in [0.5, 0.6) is 0 Å². The molecule has 96 valence electrons. The first kappa shape index (κ1) is 14.0. The normalized spacial score (nSPS) is 12.1. The summed E-state index contributed by atoms with van der Waals surface area (Å²) in [6, 6.07) is 0. The number of carbonyl (C=O) groups is 1. The third-order valence-electron chi connectivity index (χ3n) is 1.70. The van der Waals surface area contributed by atoms with Crippen LogP contribution < -0.4 is 15.8 Å². The van der Waals surface area contributed by atoms with Crippen LogP contribution in [-0.4, -0.2) is 31.4 Å². The molecule has 0 radical (unpaired) electrons. The fraction of sp³-hybridized carbons (Fsp3) is 0.571. The van der Waals surface area contributed by atoms with Crippen molar-refractivity contribution >= 4 is 38.8 Å². The van der Waals surface area contributed by atoms with Gasteiger partial charge in [-0.15, -0.1) is 10.2 Å². The zero-order valence-electron chi connectivity index (χ0n) is 8.84. The summed E-state index contributed by atoms with van der Waals surface area (Å²) < 4.78 is 22.7. The number of hydrogen-bond donors (Lipinski definition) is 3. The van der Waals surface area contributed by atoms with Gasteiger partial charge in [-0.25, -0.2) is 0 Å². The van der Waals surface area contributed by atoms with E-state index in [1.807, 2.05) is 4.72 Å². The van der Waals surface area contributed by atoms with Gasteiger partial charge < -0.3 is 15.6 Å². The van der Waals surface area contributed by atoms with Crippen LogP contribution in [0.25, 0.3) is 0 Å². The number of rotatable bonds is 7. The fourth-order valence-electron chi connectivity index (χ4n) is 0.998. The molecule has 1 heterocycles. The monoisotopic (exact) mass is 278 g/mol. The van der Waals surface area contributed by atoms with Gasteiger partial charge in [0, 0.05) is 17.7 Å². The Hall–Kier alpha value is -1.10. The summed E-state index contributed by atoms with van der Waals surface area (Å²) in [5.41, 5.74) is 5.30. The Bertz CT molecular complexity index is 397. The molecule has 0 saturated heterocycles. The molecule has 0 bridgehead atoms. The average Bonchev–Trinajstić information content (AvgIpc) is 2.64. The third kappa shape index (κ3) is 5.68. The van der Waals surface area contributed by atoms with Crippen molar-refractivity contribution in [2.45, 2.75) is 19.3 Å². The number of nitrogens with two attached hydrogens (primary N) is 1. The highest BCUT2D eigenvalue weighted by molar-refractivity contribution is 7.80. The van der Waals surface area contributed by atoms with E-state index in [0.717, 1.165) is 17.8 Å². The zero-order valence-corrected chi connectivity index (χ0v) is 10.5. The van der Waals surface area contributed by atoms with Crippen molar-refractivity contribution in [3.8, 4) is 0 Å². The summed E-state index contributed by atoms with van der Waals surface area (Å²) in [5, 5.41) is 10.0. The summed E-state index contributed by atoms with van der Waals surface area (Å²) in [6.07, 6.45) is 1.84. The van der Waals surface area contributed by atoms with Crippen molar-refractivity contribution in [3.05, 3.63) is 0 Å². The van der Waals surface area contributed by atoms with Gasteiger partial charge in [0.1, 0.15) is 0 Å². The average molecular weight is 278 g/mol. The van der Waals surface area contributed by atoms with Crippen molar-refractivity contribution in [1.82, 2.24) is 10.2 Å². The van der Waals surface area contributed by atoms with Crippen molar-refractivity contribution in [1.29, 1.82) is 0 Å². The molecule has 1 unspecified atom stereocenters. The number of aromatic nitrogens is 2. The Morgan fingerprint density at radius 1 is 1.41 bits per heavy atom. The van der Waals surface area contributed by atoms with E-state index in [9.17, 15) is 13.6 Å². The Balaban J connectivity index is 2.38. The summed E-state index contributed by atoms with van der Waals surface area (Å²) in [7, 11) is 0. The highest BCUT2D eigenvalue weighted by Gasteiger charge is 2.07. The summed E-state index contributed by atoms with van der Waals surface area (Å²) in [5.74, 6) is -0.190. The highest BCUT2D eigenvalue weighted by atomic mass is 32.2. The van der Waals surface area contributed by atoms with Gasteiger partial charge in [0.15, 0.2) is 0 Å². The topological polar surface area (TPSA) is 133 Å². The lowest BCUT2D eigenvalue weighted by Gasteiger charge is -2.02. The van der Waals surface area contributed by atoms with E-state index in [-0.39, 0.29) is 16.2 Å². The molecular formula is C7H12N5O3S2-. The van der Waals surface area contributed by atoms with Gasteiger partial charge >= 0.3 is 0 Å². The summed E-state index contributed by atoms with van der Waals surface area (Å²) in [4.78, 5) is 11.4. The van der Waals surface area contributed by atoms with Crippen LogP contribution >= 0.6 is 11.3 Å². The van der Waals surface area contributed by atoms with Crippen molar-refractivity contribution < 1.29 is 13.6 Å². The smallest absolute Gasteiger partial charge is 0.226 e. The Labute approximate surface area is 104 Å². The molecule has 8 nitrogen and oxygen atoms in total. The van der Waals surface area contributed by atoms with Crippen LogP contribution in [0, 0.1) is 0 Å². The second-order valence-corrected chi connectivity index (χ2v) is 4.69. The minimum Gasteiger partial charge on any atom is -0.755 e. The molecule has 0 aliphatic heterocycles. The van der Waals surface area contributed by atoms with Gasteiger partial charge in [0.05, 0.1) is 0 Å². The lowest BCUT2D eigenvalue weighted by atomic mass is 10.2. The van der Waals surface area contributed by atoms with Crippen LogP contribution in [0.15, 0.2) is 0 Å². The first-order valence-electron chi connectivity index (χ1n) is 4.81. The predicted molar refractivity (Wildman–Crippen MR) is 64.0 cm³/mol. The molecule has 0 saturated carbocycles. The third-order valence-corrected chi connectivity index (χ3v) is 2.94. The van der Waals surface area contributed by atoms with E-state index >= 15 is 0 Å². The van der Waals surface area contributed by atoms with Crippen LogP contribution in [0.2, 0.25) is 0 Å². The maximum absolute atomic E-state index is 11.4. The lowest BCUT2D eigenvalue weighted by Crippen LogP contribution is -2.11. The molecule has 0 aliphatic rings. The second-order valence-electron chi connectivity index (χ2n) is 3.04. The van der Waals surface area contributed by atoms with E-state index in [0.29, 0.717) is 19.4 Å². The number of amides is 1. The molecule has 1 aromatic rings. The van der Waals surface area contributed by atoms with Crippen LogP contribution in [-0.2, 0) is 16.1 Å². The Morgan fingerprint density at radius 3 is 2.76 bits per heavy atom. The van der Waals surface area contributed by atoms with Gasteiger partial charge in [-0.05, 0) is 19.4 Å². The number of nitrogens with zero attached hydrogens (tertiary/aromatic N) is 2. The number of hydrogen-bond acceptors (Lipinski definition) is 7. The van der Waals surface area contributed by atoms with Crippen molar-refractivity contribution in [3.63, 3.8) is 0 Å². The van der Waals surface area contributed by atoms with E-state index in [1.165, 1.54) is 0 Å². The number of anilines is 2. The number of carbonyl (C=O) groups excluding carboxylic acids is 1. The maximum atomic E-state index is 11.4. The summed E-state index contributed by atoms with van der Waals surface area (Å²) >= 11 is -1.49. The highest BCUT2D eigenvalue weighted by Crippen LogP contribution is 2.20. The molecule has 10 heteroatoms. The van der Waals surface area contributed by atoms with Gasteiger partial charge in [-0.2, -0.15) is 0 Å². The minimum atomic E-state index is -2.44. The van der Waals surface area contributed by atoms with Gasteiger partial charge in [0.25, 0.3) is 0 Å². The van der Waals surface area contributed by atoms with E-state index in [1.54, 1.807) is 0 Å². The molecule has 4 N–H and O–H groups in total. The Morgan fingerprint density at radius 2 is 2.12 bits per heavy atom. The molecule has 1 rings (SSSR count). The largest absolute Gasteiger partial charge is 0.755 e. The Kier molecular flexibility index (Phi) is 5.97. The van der Waals surface area contributed by atoms with Crippen LogP contribution in [0.3, 0.4) is 0 Å². The van der Waals surface area contributed by atoms with Gasteiger partial charge in [-0.1, -0.05) is 11.3 Å². The quantitative estimate of drug-likeness (QED) is 0.467. The first-order chi connectivity index (χ1) is 8.11. The molecule has 1 amide bonds. The lowest BCUT2D eigenvalue weighted by molar-refractivity contribution is -0.116. The van der Waals surface area contributed by atoms with Crippen molar-refractivity contribution in [2.75, 3.05) is 16.6 Å². The summed E-state index contributed by atoms with van der Waals surface area (Å²) in [6.45, 7) is 0.551. The van der Waals surface area contributed by atoms with Crippen LogP contribution in [0.4, 0.5) is 10.3 Å². The second kappa shape index (κ2) is 7.27. The number of nitrogens with one attached hydrogen (secondary N) is 2. The molecule has 0 aromatic carbocycles. The predicted octanol–water partition coefficient (Wildman–Crippen LogP) is -0.188.